The molecule has 0 fully saturated rings. The van der Waals surface area contributed by atoms with Gasteiger partial charge in [-0.25, -0.2) is 0 Å². The minimum absolute atomic E-state index is 0.0431. The zero-order valence-electron chi connectivity index (χ0n) is 4.30. The third kappa shape index (κ3) is 3.12. The van der Waals surface area contributed by atoms with Gasteiger partial charge in [0, 0.05) is 6.61 Å². The predicted octanol–water partition coefficient (Wildman–Crippen LogP) is -0.382. The molecule has 0 aromatic carbocycles. The molecule has 1 atom stereocenters. The van der Waals surface area contributed by atoms with E-state index in [1.54, 1.807) is 0 Å². The van der Waals surface area contributed by atoms with Gasteiger partial charge in [0.2, 0.25) is 4.69 Å². The van der Waals surface area contributed by atoms with E-state index in [0.29, 0.717) is 6.42 Å². The summed E-state index contributed by atoms with van der Waals surface area (Å²) in [5, 5.41) is 8.23. The molecule has 0 aliphatic rings. The van der Waals surface area contributed by atoms with Crippen molar-refractivity contribution in [2.75, 3.05) is 6.61 Å². The fourth-order valence-corrected chi connectivity index (χ4v) is 0.481. The van der Waals surface area contributed by atoms with Crippen LogP contribution >= 0.6 is 15.9 Å². The highest BCUT2D eigenvalue weighted by Gasteiger charge is 2.06. The van der Waals surface area contributed by atoms with Crippen molar-refractivity contribution in [2.45, 2.75) is 12.5 Å². The molecule has 0 aliphatic heterocycles. The van der Waals surface area contributed by atoms with Crippen LogP contribution in [0.15, 0.2) is 0 Å². The van der Waals surface area contributed by atoms with Crippen LogP contribution in [0.5, 0.6) is 0 Å². The standard InChI is InChI=1S/C4H8BrNO2/c5-4(8)3(6)1-2-7/h3,7H,1-2,6H2/t3-/m0/s1. The Balaban J connectivity index is 3.32. The van der Waals surface area contributed by atoms with E-state index in [2.05, 4.69) is 15.9 Å². The Labute approximate surface area is 56.0 Å². The second-order valence-corrected chi connectivity index (χ2v) is 2.20. The maximum absolute atomic E-state index is 10.2. The van der Waals surface area contributed by atoms with Gasteiger partial charge in [-0.15, -0.1) is 0 Å². The minimum atomic E-state index is -0.556. The van der Waals surface area contributed by atoms with Gasteiger partial charge in [-0.05, 0) is 22.4 Å². The lowest BCUT2D eigenvalue weighted by Crippen LogP contribution is -2.27. The molecule has 0 saturated heterocycles. The summed E-state index contributed by atoms with van der Waals surface area (Å²) in [6.07, 6.45) is 0.323. The molecular formula is C4H8BrNO2. The van der Waals surface area contributed by atoms with Crippen LogP contribution in [-0.4, -0.2) is 22.4 Å². The van der Waals surface area contributed by atoms with E-state index in [1.807, 2.05) is 0 Å². The van der Waals surface area contributed by atoms with Gasteiger partial charge in [-0.3, -0.25) is 4.79 Å². The third-order valence-electron chi connectivity index (χ3n) is 0.732. The van der Waals surface area contributed by atoms with Gasteiger partial charge in [0.15, 0.2) is 0 Å². The van der Waals surface area contributed by atoms with Crippen molar-refractivity contribution in [1.82, 2.24) is 0 Å². The van der Waals surface area contributed by atoms with Crippen LogP contribution in [0, 0.1) is 0 Å². The van der Waals surface area contributed by atoms with E-state index < -0.39 is 6.04 Å². The number of aliphatic hydroxyl groups is 1. The van der Waals surface area contributed by atoms with Crippen molar-refractivity contribution in [3.05, 3.63) is 0 Å². The Morgan fingerprint density at radius 3 is 2.50 bits per heavy atom. The highest BCUT2D eigenvalue weighted by Crippen LogP contribution is 1.93. The quantitative estimate of drug-likeness (QED) is 0.584. The molecule has 8 heavy (non-hydrogen) atoms. The van der Waals surface area contributed by atoms with Gasteiger partial charge in [0.25, 0.3) is 0 Å². The smallest absolute Gasteiger partial charge is 0.214 e. The summed E-state index contributed by atoms with van der Waals surface area (Å²) in [4.78, 5) is 10.2. The first kappa shape index (κ1) is 8.07. The van der Waals surface area contributed by atoms with Crippen LogP contribution in [0.25, 0.3) is 0 Å². The molecule has 0 aromatic heterocycles. The van der Waals surface area contributed by atoms with Crippen LogP contribution in [-0.2, 0) is 4.79 Å². The summed E-state index contributed by atoms with van der Waals surface area (Å²) in [6, 6.07) is -0.556. The number of nitrogens with two attached hydrogens (primary N) is 1. The van der Waals surface area contributed by atoms with Crippen molar-refractivity contribution >= 4 is 20.6 Å². The zero-order chi connectivity index (χ0) is 6.57. The number of rotatable bonds is 3. The van der Waals surface area contributed by atoms with Gasteiger partial charge in [0.05, 0.1) is 6.04 Å². The molecule has 0 heterocycles. The van der Waals surface area contributed by atoms with Crippen molar-refractivity contribution in [3.63, 3.8) is 0 Å². The van der Waals surface area contributed by atoms with Crippen molar-refractivity contribution < 1.29 is 9.90 Å². The molecule has 0 spiro atoms. The first-order valence-corrected chi connectivity index (χ1v) is 3.03. The molecule has 48 valence electrons. The van der Waals surface area contributed by atoms with E-state index in [1.165, 1.54) is 0 Å². The SMILES string of the molecule is N[C@@H](CCO)C(=O)Br. The molecule has 0 aliphatic carbocycles. The number of aliphatic hydroxyl groups excluding tert-OH is 1. The molecule has 3 N–H and O–H groups in total. The van der Waals surface area contributed by atoms with Crippen LogP contribution in [0.2, 0.25) is 0 Å². The topological polar surface area (TPSA) is 63.3 Å². The molecule has 0 unspecified atom stereocenters. The summed E-state index contributed by atoms with van der Waals surface area (Å²) in [7, 11) is 0. The first-order chi connectivity index (χ1) is 3.68. The number of halogens is 1. The van der Waals surface area contributed by atoms with Crippen LogP contribution in [0.3, 0.4) is 0 Å². The Morgan fingerprint density at radius 2 is 2.38 bits per heavy atom. The minimum Gasteiger partial charge on any atom is -0.396 e. The van der Waals surface area contributed by atoms with Crippen LogP contribution in [0.1, 0.15) is 6.42 Å². The Hall–Kier alpha value is 0.0700. The fraction of sp³-hybridized carbons (Fsp3) is 0.750. The average molecular weight is 182 g/mol. The van der Waals surface area contributed by atoms with E-state index in [-0.39, 0.29) is 11.3 Å². The molecule has 3 nitrogen and oxygen atoms in total. The summed E-state index contributed by atoms with van der Waals surface area (Å²) in [5.41, 5.74) is 5.17. The molecule has 0 bridgehead atoms. The number of hydrogen-bond donors (Lipinski definition) is 2. The van der Waals surface area contributed by atoms with E-state index in [0.717, 1.165) is 0 Å². The van der Waals surface area contributed by atoms with Crippen molar-refractivity contribution in [2.24, 2.45) is 5.73 Å². The lowest BCUT2D eigenvalue weighted by atomic mass is 10.3. The lowest BCUT2D eigenvalue weighted by molar-refractivity contribution is -0.111. The normalized spacial score (nSPS) is 13.4. The van der Waals surface area contributed by atoms with Gasteiger partial charge in [-0.1, -0.05) is 0 Å². The highest BCUT2D eigenvalue weighted by atomic mass is 79.9. The monoisotopic (exact) mass is 181 g/mol. The average Bonchev–Trinajstić information content (AvgIpc) is 1.67. The van der Waals surface area contributed by atoms with Crippen LogP contribution in [0.4, 0.5) is 0 Å². The summed E-state index contributed by atoms with van der Waals surface area (Å²) in [6.45, 7) is -0.0431. The maximum atomic E-state index is 10.2. The number of hydrogen-bond acceptors (Lipinski definition) is 3. The fourth-order valence-electron chi connectivity index (χ4n) is 0.253. The second-order valence-electron chi connectivity index (χ2n) is 1.42. The molecule has 0 radical (unpaired) electrons. The van der Waals surface area contributed by atoms with Crippen LogP contribution < -0.4 is 5.73 Å². The van der Waals surface area contributed by atoms with Gasteiger partial charge in [0.1, 0.15) is 0 Å². The third-order valence-corrected chi connectivity index (χ3v) is 1.32. The largest absolute Gasteiger partial charge is 0.396 e. The van der Waals surface area contributed by atoms with E-state index in [9.17, 15) is 4.79 Å². The second kappa shape index (κ2) is 4.00. The van der Waals surface area contributed by atoms with Gasteiger partial charge < -0.3 is 10.8 Å². The Kier molecular flexibility index (Phi) is 4.03. The number of carbonyl (C=O) groups is 1. The number of carbonyl (C=O) groups excluding carboxylic acids is 1. The maximum Gasteiger partial charge on any atom is 0.214 e. The molecule has 4 heteroatoms. The van der Waals surface area contributed by atoms with Gasteiger partial charge in [-0.2, -0.15) is 0 Å². The van der Waals surface area contributed by atoms with E-state index in [4.69, 9.17) is 10.8 Å². The zero-order valence-corrected chi connectivity index (χ0v) is 5.89. The molecule has 0 saturated carbocycles. The highest BCUT2D eigenvalue weighted by molar-refractivity contribution is 9.18. The summed E-state index contributed by atoms with van der Waals surface area (Å²) >= 11 is 2.67. The molecule has 0 aromatic rings. The molecule has 0 amide bonds. The Morgan fingerprint density at radius 1 is 1.88 bits per heavy atom. The lowest BCUT2D eigenvalue weighted by Gasteiger charge is -2.00. The predicted molar refractivity (Wildman–Crippen MR) is 33.6 cm³/mol. The Bertz CT molecular complexity index is 86.1. The van der Waals surface area contributed by atoms with E-state index >= 15 is 0 Å². The van der Waals surface area contributed by atoms with Crippen molar-refractivity contribution in [1.29, 1.82) is 0 Å². The summed E-state index contributed by atoms with van der Waals surface area (Å²) in [5.74, 6) is 0. The van der Waals surface area contributed by atoms with Gasteiger partial charge >= 0.3 is 0 Å². The van der Waals surface area contributed by atoms with Crippen molar-refractivity contribution in [3.8, 4) is 0 Å². The molecule has 0 rings (SSSR count). The first-order valence-electron chi connectivity index (χ1n) is 2.24. The molecular weight excluding hydrogens is 174 g/mol. The summed E-state index contributed by atoms with van der Waals surface area (Å²) < 4.78 is -0.258.